The van der Waals surface area contributed by atoms with E-state index in [1.165, 1.54) is 109 Å². The fourth-order valence-electron chi connectivity index (χ4n) is 8.96. The summed E-state index contributed by atoms with van der Waals surface area (Å²) in [6.45, 7) is 6.39. The minimum atomic E-state index is -0.798. The summed E-state index contributed by atoms with van der Waals surface area (Å²) in [5.74, 6) is -0.916. The number of rotatable bonds is 59. The average Bonchev–Trinajstić information content (AvgIpc) is 3.46. The zero-order valence-electron chi connectivity index (χ0n) is 52.0. The van der Waals surface area contributed by atoms with Gasteiger partial charge in [-0.2, -0.15) is 0 Å². The maximum absolute atomic E-state index is 13.0. The van der Waals surface area contributed by atoms with Crippen molar-refractivity contribution in [3.8, 4) is 0 Å². The molecule has 0 rings (SSSR count). The van der Waals surface area contributed by atoms with Crippen LogP contribution in [0.3, 0.4) is 0 Å². The summed E-state index contributed by atoms with van der Waals surface area (Å²) in [5, 5.41) is 0. The predicted molar refractivity (Wildman–Crippen MR) is 348 cm³/mol. The minimum absolute atomic E-state index is 0.0933. The number of unbranched alkanes of at least 4 members (excludes halogenated alkanes) is 26. The lowest BCUT2D eigenvalue weighted by atomic mass is 10.0. The maximum Gasteiger partial charge on any atom is 0.306 e. The first-order chi connectivity index (χ1) is 39.5. The third kappa shape index (κ3) is 64.4. The molecule has 0 N–H and O–H groups in total. The van der Waals surface area contributed by atoms with Crippen LogP contribution in [0, 0.1) is 0 Å². The van der Waals surface area contributed by atoms with Gasteiger partial charge < -0.3 is 14.2 Å². The van der Waals surface area contributed by atoms with Gasteiger partial charge in [0.25, 0.3) is 0 Å². The van der Waals surface area contributed by atoms with E-state index in [1.807, 2.05) is 0 Å². The fraction of sp³-hybridized carbons (Fsp3) is 0.662. The molecule has 0 saturated heterocycles. The van der Waals surface area contributed by atoms with E-state index >= 15 is 0 Å². The van der Waals surface area contributed by atoms with Crippen molar-refractivity contribution in [3.63, 3.8) is 0 Å². The largest absolute Gasteiger partial charge is 0.462 e. The van der Waals surface area contributed by atoms with Crippen molar-refractivity contribution in [3.05, 3.63) is 134 Å². The van der Waals surface area contributed by atoms with Crippen LogP contribution in [0.2, 0.25) is 0 Å². The van der Waals surface area contributed by atoms with Crippen LogP contribution >= 0.6 is 0 Å². The molecule has 0 aliphatic rings. The second-order valence-electron chi connectivity index (χ2n) is 21.6. The zero-order chi connectivity index (χ0) is 57.8. The van der Waals surface area contributed by atoms with E-state index in [4.69, 9.17) is 14.2 Å². The lowest BCUT2D eigenvalue weighted by Crippen LogP contribution is -2.30. The Kier molecular flexibility index (Phi) is 63.3. The van der Waals surface area contributed by atoms with E-state index in [0.29, 0.717) is 19.3 Å². The van der Waals surface area contributed by atoms with E-state index in [9.17, 15) is 14.4 Å². The minimum Gasteiger partial charge on any atom is -0.462 e. The third-order valence-corrected chi connectivity index (χ3v) is 13.9. The van der Waals surface area contributed by atoms with Gasteiger partial charge in [-0.05, 0) is 135 Å². The lowest BCUT2D eigenvalue weighted by molar-refractivity contribution is -0.167. The topological polar surface area (TPSA) is 78.9 Å². The first-order valence-electron chi connectivity index (χ1n) is 33.2. The van der Waals surface area contributed by atoms with Gasteiger partial charge in [0.1, 0.15) is 13.2 Å². The van der Waals surface area contributed by atoms with Crippen LogP contribution in [0.4, 0.5) is 0 Å². The van der Waals surface area contributed by atoms with Crippen LogP contribution in [0.1, 0.15) is 297 Å². The standard InChI is InChI=1S/C74H122O6/c1-4-7-10-13-16-19-22-25-28-31-33-35-37-39-41-43-46-49-52-55-58-61-64-67-73(76)79-70-71(69-78-72(75)66-63-60-57-54-51-48-45-30-27-24-21-18-15-12-9-6-3)80-74(77)68-65-62-59-56-53-50-47-44-42-40-38-36-34-32-29-26-23-20-17-14-11-8-5-2/h7-8,10-11,16-17,19-21,24-26,28-30,33-36,39,41,45,71H,4-6,9,12-15,18,22-23,27,31-32,37-38,40,42-44,46-70H2,1-3H3/b10-7-,11-8-,19-16-,20-17-,24-21-,28-25-,29-26-,35-33-,36-34-,41-39-,45-30-. The molecule has 0 aromatic heterocycles. The van der Waals surface area contributed by atoms with Crippen molar-refractivity contribution < 1.29 is 28.6 Å². The van der Waals surface area contributed by atoms with Gasteiger partial charge >= 0.3 is 17.9 Å². The molecule has 0 radical (unpaired) electrons. The Morgan fingerprint density at radius 1 is 0.263 bits per heavy atom. The van der Waals surface area contributed by atoms with Crippen molar-refractivity contribution >= 4 is 17.9 Å². The Morgan fingerprint density at radius 2 is 0.487 bits per heavy atom. The summed E-state index contributed by atoms with van der Waals surface area (Å²) in [5.41, 5.74) is 0. The van der Waals surface area contributed by atoms with Crippen molar-refractivity contribution in [1.82, 2.24) is 0 Å². The number of hydrogen-bond acceptors (Lipinski definition) is 6. The average molecular weight is 1110 g/mol. The molecule has 1 unspecified atom stereocenters. The molecule has 0 aromatic carbocycles. The van der Waals surface area contributed by atoms with Gasteiger partial charge in [0.2, 0.25) is 0 Å². The van der Waals surface area contributed by atoms with Crippen LogP contribution in [0.5, 0.6) is 0 Å². The third-order valence-electron chi connectivity index (χ3n) is 13.9. The molecule has 80 heavy (non-hydrogen) atoms. The van der Waals surface area contributed by atoms with Crippen LogP contribution in [-0.2, 0) is 28.6 Å². The molecular formula is C74H122O6. The molecule has 0 amide bonds. The summed E-state index contributed by atoms with van der Waals surface area (Å²) in [6.07, 6.45) is 94.5. The summed E-state index contributed by atoms with van der Waals surface area (Å²) >= 11 is 0. The van der Waals surface area contributed by atoms with Crippen LogP contribution < -0.4 is 0 Å². The highest BCUT2D eigenvalue weighted by Crippen LogP contribution is 2.15. The van der Waals surface area contributed by atoms with Gasteiger partial charge in [-0.15, -0.1) is 0 Å². The smallest absolute Gasteiger partial charge is 0.306 e. The van der Waals surface area contributed by atoms with Gasteiger partial charge in [0, 0.05) is 19.3 Å². The van der Waals surface area contributed by atoms with Crippen LogP contribution in [0.15, 0.2) is 134 Å². The number of carbonyl (C=O) groups excluding carboxylic acids is 3. The molecule has 0 aliphatic heterocycles. The molecule has 0 heterocycles. The molecule has 454 valence electrons. The second kappa shape index (κ2) is 67.1. The molecule has 0 fully saturated rings. The highest BCUT2D eigenvalue weighted by molar-refractivity contribution is 5.71. The first kappa shape index (κ1) is 75.5. The fourth-order valence-corrected chi connectivity index (χ4v) is 8.96. The molecule has 0 saturated carbocycles. The number of carbonyl (C=O) groups is 3. The molecule has 1 atom stereocenters. The van der Waals surface area contributed by atoms with Gasteiger partial charge in [-0.3, -0.25) is 14.4 Å². The van der Waals surface area contributed by atoms with Gasteiger partial charge in [-0.1, -0.05) is 276 Å². The highest BCUT2D eigenvalue weighted by atomic mass is 16.6. The van der Waals surface area contributed by atoms with E-state index in [1.54, 1.807) is 0 Å². The summed E-state index contributed by atoms with van der Waals surface area (Å²) in [4.78, 5) is 38.4. The molecule has 0 aromatic rings. The predicted octanol–water partition coefficient (Wildman–Crippen LogP) is 22.9. The number of hydrogen-bond donors (Lipinski definition) is 0. The van der Waals surface area contributed by atoms with Crippen molar-refractivity contribution in [1.29, 1.82) is 0 Å². The number of ether oxygens (including phenoxy) is 3. The van der Waals surface area contributed by atoms with Gasteiger partial charge in [-0.25, -0.2) is 0 Å². The molecule has 0 spiro atoms. The Hall–Kier alpha value is -4.45. The summed E-state index contributed by atoms with van der Waals surface area (Å²) < 4.78 is 16.9. The van der Waals surface area contributed by atoms with Crippen molar-refractivity contribution in [2.24, 2.45) is 0 Å². The Morgan fingerprint density at radius 3 is 0.762 bits per heavy atom. The first-order valence-corrected chi connectivity index (χ1v) is 33.2. The lowest BCUT2D eigenvalue weighted by Gasteiger charge is -2.18. The Bertz CT molecular complexity index is 1700. The van der Waals surface area contributed by atoms with E-state index in [-0.39, 0.29) is 31.1 Å². The quantitative estimate of drug-likeness (QED) is 0.0261. The molecule has 0 aliphatic carbocycles. The molecule has 6 nitrogen and oxygen atoms in total. The summed E-state index contributed by atoms with van der Waals surface area (Å²) in [7, 11) is 0. The van der Waals surface area contributed by atoms with Crippen molar-refractivity contribution in [2.45, 2.75) is 303 Å². The van der Waals surface area contributed by atoms with E-state index in [0.717, 1.165) is 148 Å². The molecule has 0 bridgehead atoms. The molecular weight excluding hydrogens is 985 g/mol. The van der Waals surface area contributed by atoms with E-state index < -0.39 is 6.10 Å². The second-order valence-corrected chi connectivity index (χ2v) is 21.6. The van der Waals surface area contributed by atoms with Gasteiger partial charge in [0.05, 0.1) is 0 Å². The number of allylic oxidation sites excluding steroid dienone is 22. The normalized spacial score (nSPS) is 13.0. The van der Waals surface area contributed by atoms with E-state index in [2.05, 4.69) is 154 Å². The Balaban J connectivity index is 4.43. The zero-order valence-corrected chi connectivity index (χ0v) is 52.0. The Labute approximate surface area is 494 Å². The molecule has 6 heteroatoms. The monoisotopic (exact) mass is 1110 g/mol. The van der Waals surface area contributed by atoms with Crippen LogP contribution in [-0.4, -0.2) is 37.2 Å². The highest BCUT2D eigenvalue weighted by Gasteiger charge is 2.19. The number of esters is 3. The van der Waals surface area contributed by atoms with Crippen LogP contribution in [0.25, 0.3) is 0 Å². The van der Waals surface area contributed by atoms with Gasteiger partial charge in [0.15, 0.2) is 6.10 Å². The SMILES string of the molecule is CC/C=C\C/C=C\C/C=C\C/C=C\C/C=C\CCCCCCCCCC(=O)OCC(COC(=O)CCCCCCC/C=C\C/C=C\CCCCCC)OC(=O)CCCCCCCCCCCC/C=C\C/C=C\C/C=C\C/C=C\CC. The maximum atomic E-state index is 13.0. The van der Waals surface area contributed by atoms with Crippen molar-refractivity contribution in [2.75, 3.05) is 13.2 Å². The summed E-state index contributed by atoms with van der Waals surface area (Å²) in [6, 6.07) is 0.